The first-order valence-electron chi connectivity index (χ1n) is 7.58. The zero-order valence-corrected chi connectivity index (χ0v) is 14.9. The molecule has 2 atom stereocenters. The molecule has 0 heterocycles. The molecule has 0 aliphatic rings. The molecule has 0 bridgehead atoms. The topological polar surface area (TPSA) is 38.3 Å². The molecule has 2 aromatic rings. The molecule has 0 spiro atoms. The monoisotopic (exact) mass is 369 g/mol. The second-order valence-corrected chi connectivity index (χ2v) is 6.21. The van der Waals surface area contributed by atoms with Crippen molar-refractivity contribution in [2.75, 3.05) is 0 Å². The Morgan fingerprint density at radius 2 is 1.88 bits per heavy atom. The molecule has 0 aliphatic carbocycles. The van der Waals surface area contributed by atoms with Gasteiger partial charge in [0.05, 0.1) is 11.1 Å². The van der Waals surface area contributed by atoms with Crippen LogP contribution in [0.3, 0.4) is 0 Å². The largest absolute Gasteiger partial charge is 0.479 e. The van der Waals surface area contributed by atoms with Crippen LogP contribution in [-0.2, 0) is 4.79 Å². The normalized spacial score (nSPS) is 13.2. The Morgan fingerprint density at radius 1 is 1.21 bits per heavy atom. The minimum absolute atomic E-state index is 0.264. The van der Waals surface area contributed by atoms with Crippen molar-refractivity contribution in [2.45, 2.75) is 32.4 Å². The molecule has 0 saturated heterocycles. The van der Waals surface area contributed by atoms with E-state index in [0.29, 0.717) is 22.2 Å². The first-order chi connectivity index (χ1) is 11.4. The molecule has 128 valence electrons. The zero-order valence-electron chi connectivity index (χ0n) is 13.4. The molecule has 1 amide bonds. The van der Waals surface area contributed by atoms with Crippen molar-refractivity contribution in [3.05, 3.63) is 63.9 Å². The minimum Gasteiger partial charge on any atom is -0.479 e. The first-order valence-corrected chi connectivity index (χ1v) is 8.33. The standard InChI is InChI=1S/C18H18Cl2FNO2/c1-3-16(24-17-9-6-13(19)10-15(17)20)18(23)22-11(2)12-4-7-14(21)8-5-12/h4-11,16H,3H2,1-2H3,(H,22,23). The Bertz CT molecular complexity index is 707. The van der Waals surface area contributed by atoms with E-state index in [0.717, 1.165) is 5.56 Å². The first kappa shape index (κ1) is 18.6. The summed E-state index contributed by atoms with van der Waals surface area (Å²) in [6.45, 7) is 3.67. The van der Waals surface area contributed by atoms with Gasteiger partial charge in [-0.3, -0.25) is 4.79 Å². The Hall–Kier alpha value is -1.78. The van der Waals surface area contributed by atoms with Crippen LogP contribution in [0.2, 0.25) is 10.0 Å². The van der Waals surface area contributed by atoms with E-state index >= 15 is 0 Å². The van der Waals surface area contributed by atoms with Crippen LogP contribution in [0.5, 0.6) is 5.75 Å². The zero-order chi connectivity index (χ0) is 17.7. The van der Waals surface area contributed by atoms with E-state index < -0.39 is 6.10 Å². The van der Waals surface area contributed by atoms with Crippen LogP contribution in [-0.4, -0.2) is 12.0 Å². The van der Waals surface area contributed by atoms with Crippen molar-refractivity contribution in [1.29, 1.82) is 0 Å². The molecule has 1 N–H and O–H groups in total. The SMILES string of the molecule is CCC(Oc1ccc(Cl)cc1Cl)C(=O)NC(C)c1ccc(F)cc1. The van der Waals surface area contributed by atoms with Gasteiger partial charge in [-0.1, -0.05) is 42.3 Å². The van der Waals surface area contributed by atoms with Crippen LogP contribution in [0.25, 0.3) is 0 Å². The second kappa shape index (κ2) is 8.36. The summed E-state index contributed by atoms with van der Waals surface area (Å²) in [5.41, 5.74) is 0.809. The molecule has 0 saturated carbocycles. The summed E-state index contributed by atoms with van der Waals surface area (Å²) in [6.07, 6.45) is -0.215. The lowest BCUT2D eigenvalue weighted by Gasteiger charge is -2.21. The highest BCUT2D eigenvalue weighted by atomic mass is 35.5. The van der Waals surface area contributed by atoms with Gasteiger partial charge < -0.3 is 10.1 Å². The molecule has 2 aromatic carbocycles. The third kappa shape index (κ3) is 4.86. The number of halogens is 3. The van der Waals surface area contributed by atoms with E-state index in [1.165, 1.54) is 12.1 Å². The molecule has 2 rings (SSSR count). The summed E-state index contributed by atoms with van der Waals surface area (Å²) < 4.78 is 18.7. The summed E-state index contributed by atoms with van der Waals surface area (Å²) in [5.74, 6) is -0.178. The van der Waals surface area contributed by atoms with Crippen LogP contribution >= 0.6 is 23.2 Å². The molecule has 0 aromatic heterocycles. The van der Waals surface area contributed by atoms with E-state index in [1.807, 2.05) is 13.8 Å². The van der Waals surface area contributed by atoms with Gasteiger partial charge in [0.1, 0.15) is 11.6 Å². The third-order valence-corrected chi connectivity index (χ3v) is 4.09. The van der Waals surface area contributed by atoms with Gasteiger partial charge in [-0.15, -0.1) is 0 Å². The van der Waals surface area contributed by atoms with Crippen LogP contribution in [0, 0.1) is 5.82 Å². The van der Waals surface area contributed by atoms with Crippen molar-refractivity contribution in [1.82, 2.24) is 5.32 Å². The molecule has 2 unspecified atom stereocenters. The molecule has 0 fully saturated rings. The highest BCUT2D eigenvalue weighted by molar-refractivity contribution is 6.35. The lowest BCUT2D eigenvalue weighted by Crippen LogP contribution is -2.39. The van der Waals surface area contributed by atoms with Crippen LogP contribution in [0.1, 0.15) is 31.9 Å². The molecular weight excluding hydrogens is 352 g/mol. The maximum atomic E-state index is 13.0. The number of carbonyl (C=O) groups excluding carboxylic acids is 1. The van der Waals surface area contributed by atoms with E-state index in [-0.39, 0.29) is 17.8 Å². The summed E-state index contributed by atoms with van der Waals surface area (Å²) in [7, 11) is 0. The molecule has 24 heavy (non-hydrogen) atoms. The van der Waals surface area contributed by atoms with E-state index in [2.05, 4.69) is 5.32 Å². The van der Waals surface area contributed by atoms with Crippen molar-refractivity contribution in [3.8, 4) is 5.75 Å². The average Bonchev–Trinajstić information content (AvgIpc) is 2.54. The number of carbonyl (C=O) groups is 1. The third-order valence-electron chi connectivity index (χ3n) is 3.56. The Morgan fingerprint density at radius 3 is 2.46 bits per heavy atom. The maximum Gasteiger partial charge on any atom is 0.261 e. The molecule has 0 radical (unpaired) electrons. The quantitative estimate of drug-likeness (QED) is 0.762. The van der Waals surface area contributed by atoms with Gasteiger partial charge in [0.25, 0.3) is 5.91 Å². The van der Waals surface area contributed by atoms with E-state index in [1.54, 1.807) is 30.3 Å². The predicted octanol–water partition coefficient (Wildman–Crippen LogP) is 5.17. The second-order valence-electron chi connectivity index (χ2n) is 5.37. The summed E-state index contributed by atoms with van der Waals surface area (Å²) >= 11 is 11.9. The van der Waals surface area contributed by atoms with Crippen molar-refractivity contribution in [3.63, 3.8) is 0 Å². The van der Waals surface area contributed by atoms with Gasteiger partial charge in [0.15, 0.2) is 6.10 Å². The molecule has 0 aliphatic heterocycles. The average molecular weight is 370 g/mol. The van der Waals surface area contributed by atoms with Crippen LogP contribution < -0.4 is 10.1 Å². The Kier molecular flexibility index (Phi) is 6.46. The molecule has 3 nitrogen and oxygen atoms in total. The number of hydrogen-bond acceptors (Lipinski definition) is 2. The summed E-state index contributed by atoms with van der Waals surface area (Å²) in [5, 5.41) is 3.70. The number of amides is 1. The van der Waals surface area contributed by atoms with Crippen LogP contribution in [0.15, 0.2) is 42.5 Å². The van der Waals surface area contributed by atoms with Gasteiger partial charge in [0.2, 0.25) is 0 Å². The fourth-order valence-corrected chi connectivity index (χ4v) is 2.64. The minimum atomic E-state index is -0.688. The van der Waals surface area contributed by atoms with E-state index in [4.69, 9.17) is 27.9 Å². The van der Waals surface area contributed by atoms with Crippen molar-refractivity contribution < 1.29 is 13.9 Å². The van der Waals surface area contributed by atoms with Gasteiger partial charge in [-0.25, -0.2) is 4.39 Å². The Balaban J connectivity index is 2.04. The number of hydrogen-bond donors (Lipinski definition) is 1. The fourth-order valence-electron chi connectivity index (χ4n) is 2.19. The highest BCUT2D eigenvalue weighted by Crippen LogP contribution is 2.28. The van der Waals surface area contributed by atoms with Gasteiger partial charge in [-0.2, -0.15) is 0 Å². The summed E-state index contributed by atoms with van der Waals surface area (Å²) in [6, 6.07) is 10.6. The lowest BCUT2D eigenvalue weighted by atomic mass is 10.1. The lowest BCUT2D eigenvalue weighted by molar-refractivity contribution is -0.128. The fraction of sp³-hybridized carbons (Fsp3) is 0.278. The molecular formula is C18H18Cl2FNO2. The van der Waals surface area contributed by atoms with Gasteiger partial charge in [0, 0.05) is 5.02 Å². The predicted molar refractivity (Wildman–Crippen MR) is 94.1 cm³/mol. The van der Waals surface area contributed by atoms with Crippen molar-refractivity contribution in [2.24, 2.45) is 0 Å². The Labute approximate surface area is 150 Å². The maximum absolute atomic E-state index is 13.0. The van der Waals surface area contributed by atoms with Gasteiger partial charge >= 0.3 is 0 Å². The van der Waals surface area contributed by atoms with Gasteiger partial charge in [-0.05, 0) is 49.2 Å². The highest BCUT2D eigenvalue weighted by Gasteiger charge is 2.21. The number of nitrogens with one attached hydrogen (secondary N) is 1. The van der Waals surface area contributed by atoms with E-state index in [9.17, 15) is 9.18 Å². The summed E-state index contributed by atoms with van der Waals surface area (Å²) in [4.78, 5) is 12.4. The number of benzene rings is 2. The van der Waals surface area contributed by atoms with Crippen molar-refractivity contribution >= 4 is 29.1 Å². The number of ether oxygens (including phenoxy) is 1. The van der Waals surface area contributed by atoms with Crippen LogP contribution in [0.4, 0.5) is 4.39 Å². The molecule has 6 heteroatoms. The smallest absolute Gasteiger partial charge is 0.261 e. The number of rotatable bonds is 6.